The lowest BCUT2D eigenvalue weighted by atomic mass is 10.1. The molecule has 1 fully saturated rings. The van der Waals surface area contributed by atoms with Gasteiger partial charge in [0.15, 0.2) is 11.6 Å². The molecule has 0 spiro atoms. The number of carbonyl (C=O) groups is 1. The molecule has 162 valence electrons. The van der Waals surface area contributed by atoms with Crippen LogP contribution in [0.2, 0.25) is 0 Å². The molecular weight excluding hydrogens is 406 g/mol. The molecule has 2 aromatic heterocycles. The van der Waals surface area contributed by atoms with Crippen LogP contribution in [0.4, 0.5) is 14.5 Å². The van der Waals surface area contributed by atoms with E-state index < -0.39 is 17.2 Å². The van der Waals surface area contributed by atoms with Crippen molar-refractivity contribution in [2.45, 2.75) is 13.5 Å². The Bertz CT molecular complexity index is 1190. The Morgan fingerprint density at radius 1 is 1.19 bits per heavy atom. The van der Waals surface area contributed by atoms with Crippen molar-refractivity contribution >= 4 is 22.6 Å². The molecule has 1 aliphatic rings. The fourth-order valence-electron chi connectivity index (χ4n) is 3.66. The molecule has 0 atom stereocenters. The zero-order valence-electron chi connectivity index (χ0n) is 17.2. The normalized spacial score (nSPS) is 14.8. The first-order chi connectivity index (χ1) is 14.9. The van der Waals surface area contributed by atoms with Gasteiger partial charge < -0.3 is 15.2 Å². The Kier molecular flexibility index (Phi) is 5.64. The minimum absolute atomic E-state index is 0.0903. The van der Waals surface area contributed by atoms with Gasteiger partial charge >= 0.3 is 0 Å². The summed E-state index contributed by atoms with van der Waals surface area (Å²) in [5.41, 5.74) is 1.11. The number of anilines is 1. The Balaban J connectivity index is 1.46. The quantitative estimate of drug-likeness (QED) is 0.656. The maximum atomic E-state index is 14.6. The fraction of sp³-hybridized carbons (Fsp3) is 0.333. The van der Waals surface area contributed by atoms with Crippen LogP contribution in [-0.2, 0) is 6.54 Å². The van der Waals surface area contributed by atoms with Crippen molar-refractivity contribution in [2.24, 2.45) is 0 Å². The third kappa shape index (κ3) is 4.11. The van der Waals surface area contributed by atoms with Crippen molar-refractivity contribution in [1.29, 1.82) is 0 Å². The van der Waals surface area contributed by atoms with Gasteiger partial charge in [-0.15, -0.1) is 0 Å². The maximum absolute atomic E-state index is 14.6. The van der Waals surface area contributed by atoms with Crippen LogP contribution in [-0.4, -0.2) is 59.0 Å². The number of nitrogens with zero attached hydrogens (tertiary/aromatic N) is 4. The topological polar surface area (TPSA) is 94.2 Å². The van der Waals surface area contributed by atoms with Gasteiger partial charge in [0, 0.05) is 45.3 Å². The first-order valence-electron chi connectivity index (χ1n) is 9.90. The number of hydrogen-bond acceptors (Lipinski definition) is 6. The lowest BCUT2D eigenvalue weighted by Crippen LogP contribution is -2.46. The van der Waals surface area contributed by atoms with Crippen molar-refractivity contribution in [3.05, 3.63) is 63.3 Å². The highest BCUT2D eigenvalue weighted by Crippen LogP contribution is 2.23. The van der Waals surface area contributed by atoms with E-state index in [0.29, 0.717) is 31.9 Å². The predicted molar refractivity (Wildman–Crippen MR) is 112 cm³/mol. The number of carbonyl (C=O) groups excluding carboxylic acids is 1. The molecule has 2 N–H and O–H groups in total. The number of rotatable bonds is 4. The van der Waals surface area contributed by atoms with Gasteiger partial charge in [-0.2, -0.15) is 0 Å². The van der Waals surface area contributed by atoms with E-state index in [1.165, 1.54) is 13.0 Å². The van der Waals surface area contributed by atoms with Gasteiger partial charge in [-0.25, -0.2) is 18.7 Å². The molecule has 1 aliphatic heterocycles. The Morgan fingerprint density at radius 3 is 2.58 bits per heavy atom. The van der Waals surface area contributed by atoms with Crippen LogP contribution < -0.4 is 15.8 Å². The molecular formula is C21H22F2N6O2. The molecule has 3 heterocycles. The van der Waals surface area contributed by atoms with E-state index in [2.05, 4.69) is 25.2 Å². The molecule has 8 nitrogen and oxygen atoms in total. The number of aromatic amines is 1. The zero-order valence-corrected chi connectivity index (χ0v) is 17.2. The molecule has 4 rings (SSSR count). The molecule has 1 aromatic carbocycles. The average molecular weight is 428 g/mol. The number of aromatic nitrogens is 3. The summed E-state index contributed by atoms with van der Waals surface area (Å²) >= 11 is 0. The van der Waals surface area contributed by atoms with Crippen LogP contribution in [0, 0.1) is 18.6 Å². The van der Waals surface area contributed by atoms with Crippen molar-refractivity contribution in [1.82, 2.24) is 25.2 Å². The van der Waals surface area contributed by atoms with Crippen LogP contribution >= 0.6 is 0 Å². The molecule has 0 aliphatic carbocycles. The molecule has 1 saturated heterocycles. The molecule has 3 aromatic rings. The van der Waals surface area contributed by atoms with Gasteiger partial charge in [-0.3, -0.25) is 14.5 Å². The highest BCUT2D eigenvalue weighted by Gasteiger charge is 2.22. The highest BCUT2D eigenvalue weighted by atomic mass is 19.2. The van der Waals surface area contributed by atoms with Gasteiger partial charge in [0.25, 0.3) is 11.5 Å². The summed E-state index contributed by atoms with van der Waals surface area (Å²) in [5, 5.41) is 2.53. The number of amides is 1. The van der Waals surface area contributed by atoms with Crippen LogP contribution in [0.25, 0.3) is 11.0 Å². The SMILES string of the molecule is CNC(=O)c1ccc(N2CCN(Cc3cc4[nH]c(=O)c(C)nc4c(F)c3F)CC2)cn1. The lowest BCUT2D eigenvalue weighted by Gasteiger charge is -2.36. The van der Waals surface area contributed by atoms with Crippen molar-refractivity contribution < 1.29 is 13.6 Å². The number of nitrogens with one attached hydrogen (secondary N) is 2. The van der Waals surface area contributed by atoms with Gasteiger partial charge in [0.1, 0.15) is 16.9 Å². The summed E-state index contributed by atoms with van der Waals surface area (Å²) in [6.45, 7) is 4.30. The van der Waals surface area contributed by atoms with Gasteiger partial charge in [-0.05, 0) is 25.1 Å². The Labute approximate surface area is 176 Å². The number of piperazine rings is 1. The van der Waals surface area contributed by atoms with Crippen LogP contribution in [0.1, 0.15) is 21.7 Å². The number of fused-ring (bicyclic) bond motifs is 1. The maximum Gasteiger partial charge on any atom is 0.269 e. The molecule has 0 bridgehead atoms. The van der Waals surface area contributed by atoms with Crippen LogP contribution in [0.15, 0.2) is 29.2 Å². The second-order valence-electron chi connectivity index (χ2n) is 7.46. The second-order valence-corrected chi connectivity index (χ2v) is 7.46. The third-order valence-corrected chi connectivity index (χ3v) is 5.45. The smallest absolute Gasteiger partial charge is 0.269 e. The van der Waals surface area contributed by atoms with Gasteiger partial charge in [-0.1, -0.05) is 0 Å². The number of H-pyrrole nitrogens is 1. The number of benzene rings is 1. The predicted octanol–water partition coefficient (Wildman–Crippen LogP) is 1.59. The average Bonchev–Trinajstić information content (AvgIpc) is 2.79. The minimum Gasteiger partial charge on any atom is -0.368 e. The molecule has 10 heteroatoms. The highest BCUT2D eigenvalue weighted by molar-refractivity contribution is 5.92. The largest absolute Gasteiger partial charge is 0.368 e. The van der Waals surface area contributed by atoms with Crippen molar-refractivity contribution in [3.63, 3.8) is 0 Å². The molecule has 0 radical (unpaired) electrons. The summed E-state index contributed by atoms with van der Waals surface area (Å²) in [4.78, 5) is 38.2. The van der Waals surface area contributed by atoms with E-state index in [0.717, 1.165) is 5.69 Å². The van der Waals surface area contributed by atoms with E-state index in [1.54, 1.807) is 19.3 Å². The van der Waals surface area contributed by atoms with E-state index in [9.17, 15) is 18.4 Å². The van der Waals surface area contributed by atoms with Gasteiger partial charge in [0.05, 0.1) is 17.4 Å². The lowest BCUT2D eigenvalue weighted by molar-refractivity contribution is 0.0958. The first kappa shape index (κ1) is 20.9. The number of hydrogen-bond donors (Lipinski definition) is 2. The fourth-order valence-corrected chi connectivity index (χ4v) is 3.66. The monoisotopic (exact) mass is 428 g/mol. The molecule has 1 amide bonds. The summed E-state index contributed by atoms with van der Waals surface area (Å²) in [6.07, 6.45) is 1.66. The molecule has 0 saturated carbocycles. The molecule has 31 heavy (non-hydrogen) atoms. The zero-order chi connectivity index (χ0) is 22.1. The van der Waals surface area contributed by atoms with Crippen molar-refractivity contribution in [3.8, 4) is 0 Å². The summed E-state index contributed by atoms with van der Waals surface area (Å²) in [5.74, 6) is -2.23. The van der Waals surface area contributed by atoms with Crippen LogP contribution in [0.3, 0.4) is 0 Å². The Hall–Kier alpha value is -3.40. The standard InChI is InChI=1S/C21H22F2N6O2/c1-12-20(30)27-16-9-13(17(22)18(23)19(16)26-12)11-28-5-7-29(8-6-28)14-3-4-15(25-10-14)21(31)24-2/h3-4,9-10H,5-8,11H2,1-2H3,(H,24,31)(H,27,30). The number of halogens is 2. The van der Waals surface area contributed by atoms with Crippen LogP contribution in [0.5, 0.6) is 0 Å². The third-order valence-electron chi connectivity index (χ3n) is 5.45. The van der Waals surface area contributed by atoms with E-state index in [-0.39, 0.29) is 34.7 Å². The summed E-state index contributed by atoms with van der Waals surface area (Å²) in [6, 6.07) is 4.97. The van der Waals surface area contributed by atoms with Crippen molar-refractivity contribution in [2.75, 3.05) is 38.1 Å². The minimum atomic E-state index is -1.05. The van der Waals surface area contributed by atoms with E-state index in [4.69, 9.17) is 0 Å². The summed E-state index contributed by atoms with van der Waals surface area (Å²) in [7, 11) is 1.55. The van der Waals surface area contributed by atoms with E-state index in [1.807, 2.05) is 11.0 Å². The van der Waals surface area contributed by atoms with Gasteiger partial charge in [0.2, 0.25) is 0 Å². The Morgan fingerprint density at radius 2 is 1.94 bits per heavy atom. The molecule has 0 unspecified atom stereocenters. The summed E-state index contributed by atoms with van der Waals surface area (Å²) < 4.78 is 29.1. The second kappa shape index (κ2) is 8.38. The number of aryl methyl sites for hydroxylation is 1. The number of pyridine rings is 1. The van der Waals surface area contributed by atoms with E-state index >= 15 is 0 Å². The first-order valence-corrected chi connectivity index (χ1v) is 9.90.